The zero-order valence-corrected chi connectivity index (χ0v) is 34.8. The maximum absolute atomic E-state index is 14.6. The van der Waals surface area contributed by atoms with Crippen molar-refractivity contribution in [2.45, 2.75) is 127 Å². The molecule has 4 fully saturated rings. The van der Waals surface area contributed by atoms with Crippen molar-refractivity contribution in [2.75, 3.05) is 7.05 Å². The second kappa shape index (κ2) is 19.5. The summed E-state index contributed by atoms with van der Waals surface area (Å²) in [5.74, 6) is -1.91. The molecule has 3 N–H and O–H groups in total. The minimum atomic E-state index is -1.19. The summed E-state index contributed by atoms with van der Waals surface area (Å²) in [7, 11) is 1.70. The van der Waals surface area contributed by atoms with Crippen LogP contribution >= 0.6 is 0 Å². The summed E-state index contributed by atoms with van der Waals surface area (Å²) in [5.41, 5.74) is 3.16. The van der Waals surface area contributed by atoms with Crippen molar-refractivity contribution in [3.05, 3.63) is 108 Å². The first-order valence-corrected chi connectivity index (χ1v) is 21.8. The number of unbranched alkanes of at least 4 members (excludes halogenated alkanes) is 4. The molecule has 4 atom stereocenters. The van der Waals surface area contributed by atoms with E-state index in [2.05, 4.69) is 22.9 Å². The molecule has 4 aliphatic rings. The highest BCUT2D eigenvalue weighted by Gasteiger charge is 2.52. The summed E-state index contributed by atoms with van der Waals surface area (Å²) in [6.45, 7) is 2.48. The fourth-order valence-corrected chi connectivity index (χ4v) is 9.45. The largest absolute Gasteiger partial charge is 0.344 e. The molecule has 4 heterocycles. The van der Waals surface area contributed by atoms with Gasteiger partial charge >= 0.3 is 0 Å². The van der Waals surface area contributed by atoms with E-state index < -0.39 is 36.0 Å². The first kappa shape index (κ1) is 42.3. The molecular formula is C48H58N6O6. The molecular weight excluding hydrogens is 757 g/mol. The molecule has 0 radical (unpaired) electrons. The number of para-hydroxylation sites is 1. The highest BCUT2D eigenvalue weighted by molar-refractivity contribution is 6.01. The van der Waals surface area contributed by atoms with Gasteiger partial charge in [0, 0.05) is 50.5 Å². The second-order valence-electron chi connectivity index (χ2n) is 16.9. The van der Waals surface area contributed by atoms with E-state index in [0.717, 1.165) is 74.3 Å². The third kappa shape index (κ3) is 9.80. The van der Waals surface area contributed by atoms with Crippen molar-refractivity contribution in [1.82, 2.24) is 30.3 Å². The number of carbonyl (C=O) groups is 6. The molecule has 1 aliphatic carbocycles. The molecule has 3 saturated heterocycles. The topological polar surface area (TPSA) is 150 Å². The average molecular weight is 815 g/mol. The zero-order valence-electron chi connectivity index (χ0n) is 34.8. The lowest BCUT2D eigenvalue weighted by Gasteiger charge is -2.53. The van der Waals surface area contributed by atoms with Crippen LogP contribution in [0.5, 0.6) is 0 Å². The van der Waals surface area contributed by atoms with Gasteiger partial charge in [0.1, 0.15) is 24.2 Å². The number of fused-ring (bicyclic) bond motifs is 3. The van der Waals surface area contributed by atoms with E-state index >= 15 is 0 Å². The molecule has 1 aromatic heterocycles. The van der Waals surface area contributed by atoms with E-state index in [9.17, 15) is 28.8 Å². The van der Waals surface area contributed by atoms with Crippen LogP contribution in [-0.2, 0) is 43.4 Å². The van der Waals surface area contributed by atoms with Crippen molar-refractivity contribution in [3.63, 3.8) is 0 Å². The number of nitrogens with zero attached hydrogens (tertiary/aromatic N) is 3. The van der Waals surface area contributed by atoms with Gasteiger partial charge in [0.25, 0.3) is 0 Å². The predicted molar refractivity (Wildman–Crippen MR) is 229 cm³/mol. The van der Waals surface area contributed by atoms with Crippen LogP contribution < -0.4 is 16.0 Å². The Morgan fingerprint density at radius 3 is 2.17 bits per heavy atom. The zero-order chi connectivity index (χ0) is 42.2. The summed E-state index contributed by atoms with van der Waals surface area (Å²) in [6, 6.07) is 22.8. The predicted octanol–water partition coefficient (Wildman–Crippen LogP) is 5.71. The van der Waals surface area contributed by atoms with E-state index in [4.69, 9.17) is 0 Å². The Bertz CT molecular complexity index is 2160. The Labute approximate surface area is 352 Å². The highest BCUT2D eigenvalue weighted by atomic mass is 16.2. The molecule has 3 aliphatic heterocycles. The number of hydrogen-bond acceptors (Lipinski definition) is 6. The molecule has 5 amide bonds. The molecule has 12 nitrogen and oxygen atoms in total. The SMILES string of the molecule is CCCCCCCC(=O)n1cc(C[C@@H](NC(=O)CC2NC(=O)C3C4CCC(CC4)N3C2=O)C(=O)N[C@@H](Cc2ccccc2)C(=O)N(C)Cc2ccccc2)c2ccccc21. The number of benzene rings is 3. The number of carbonyl (C=O) groups excluding carboxylic acids is 6. The van der Waals surface area contributed by atoms with E-state index in [1.807, 2.05) is 84.9 Å². The van der Waals surface area contributed by atoms with Crippen LogP contribution in [0.25, 0.3) is 10.9 Å². The van der Waals surface area contributed by atoms with Crippen molar-refractivity contribution in [3.8, 4) is 0 Å². The number of aromatic nitrogens is 1. The molecule has 8 rings (SSSR count). The summed E-state index contributed by atoms with van der Waals surface area (Å²) in [6.07, 6.45) is 10.6. The van der Waals surface area contributed by atoms with Crippen molar-refractivity contribution in [2.24, 2.45) is 5.92 Å². The Morgan fingerprint density at radius 2 is 1.45 bits per heavy atom. The lowest BCUT2D eigenvalue weighted by molar-refractivity contribution is -0.163. The third-order valence-electron chi connectivity index (χ3n) is 12.6. The lowest BCUT2D eigenvalue weighted by Crippen LogP contribution is -2.71. The maximum atomic E-state index is 14.6. The molecule has 2 bridgehead atoms. The Kier molecular flexibility index (Phi) is 13.8. The second-order valence-corrected chi connectivity index (χ2v) is 16.9. The van der Waals surface area contributed by atoms with Gasteiger partial charge in [-0.3, -0.25) is 33.3 Å². The molecule has 12 heteroatoms. The summed E-state index contributed by atoms with van der Waals surface area (Å²) in [5, 5.41) is 9.48. The molecule has 60 heavy (non-hydrogen) atoms. The molecule has 1 saturated carbocycles. The minimum Gasteiger partial charge on any atom is -0.344 e. The van der Waals surface area contributed by atoms with Gasteiger partial charge in [0.2, 0.25) is 35.4 Å². The Morgan fingerprint density at radius 1 is 0.783 bits per heavy atom. The first-order valence-electron chi connectivity index (χ1n) is 21.8. The van der Waals surface area contributed by atoms with Crippen LogP contribution in [0, 0.1) is 5.92 Å². The standard InChI is InChI=1S/C48H58N6O6/c1-3-4-5-6-13-22-43(56)53-31-35(37-20-14-15-21-41(37)53)28-38(49-42(55)29-40-48(60)54-36-25-23-34(24-26-36)44(54)46(58)51-40)45(57)50-39(27-32-16-9-7-10-17-32)47(59)52(2)30-33-18-11-8-12-19-33/h7-12,14-21,31,34,36,38-40,44H,3-6,13,22-30H2,1-2H3,(H,49,55)(H,50,57)(H,51,58)/t34?,36?,38-,39+,40?,44?/m1/s1. The van der Waals surface area contributed by atoms with E-state index in [1.54, 1.807) is 27.6 Å². The maximum Gasteiger partial charge on any atom is 0.246 e. The normalized spacial score (nSPS) is 20.5. The number of piperidine rings is 2. The number of likely N-dealkylation sites (N-methyl/N-ethyl adjacent to an activating group) is 1. The van der Waals surface area contributed by atoms with Gasteiger partial charge in [-0.2, -0.15) is 0 Å². The third-order valence-corrected chi connectivity index (χ3v) is 12.6. The first-order chi connectivity index (χ1) is 29.1. The van der Waals surface area contributed by atoms with E-state index in [-0.39, 0.29) is 54.9 Å². The molecule has 316 valence electrons. The van der Waals surface area contributed by atoms with E-state index in [0.29, 0.717) is 24.0 Å². The fourth-order valence-electron chi connectivity index (χ4n) is 9.45. The minimum absolute atomic E-state index is 0.00386. The van der Waals surface area contributed by atoms with Crippen LogP contribution in [0.4, 0.5) is 0 Å². The quantitative estimate of drug-likeness (QED) is 0.110. The highest BCUT2D eigenvalue weighted by Crippen LogP contribution is 2.41. The van der Waals surface area contributed by atoms with Crippen LogP contribution in [0.1, 0.15) is 99.0 Å². The Balaban J connectivity index is 1.15. The van der Waals surface area contributed by atoms with Gasteiger partial charge in [-0.25, -0.2) is 0 Å². The molecule has 2 unspecified atom stereocenters. The molecule has 3 aromatic carbocycles. The van der Waals surface area contributed by atoms with Gasteiger partial charge < -0.3 is 25.8 Å². The summed E-state index contributed by atoms with van der Waals surface area (Å²) < 4.78 is 1.64. The summed E-state index contributed by atoms with van der Waals surface area (Å²) >= 11 is 0. The van der Waals surface area contributed by atoms with Gasteiger partial charge in [-0.15, -0.1) is 0 Å². The average Bonchev–Trinajstić information content (AvgIpc) is 3.63. The van der Waals surface area contributed by atoms with Crippen LogP contribution in [0.2, 0.25) is 0 Å². The number of piperazine rings is 1. The van der Waals surface area contributed by atoms with E-state index in [1.165, 1.54) is 0 Å². The number of rotatable bonds is 18. The van der Waals surface area contributed by atoms with Crippen molar-refractivity contribution in [1.29, 1.82) is 0 Å². The lowest BCUT2D eigenvalue weighted by atomic mass is 9.73. The van der Waals surface area contributed by atoms with Crippen molar-refractivity contribution >= 4 is 46.3 Å². The summed E-state index contributed by atoms with van der Waals surface area (Å²) in [4.78, 5) is 87.0. The number of hydrogen-bond donors (Lipinski definition) is 3. The van der Waals surface area contributed by atoms with Gasteiger partial charge in [-0.1, -0.05) is 111 Å². The van der Waals surface area contributed by atoms with Gasteiger partial charge in [-0.05, 0) is 60.8 Å². The van der Waals surface area contributed by atoms with Crippen LogP contribution in [0.3, 0.4) is 0 Å². The molecule has 4 aromatic rings. The monoisotopic (exact) mass is 814 g/mol. The van der Waals surface area contributed by atoms with Crippen molar-refractivity contribution < 1.29 is 28.8 Å². The smallest absolute Gasteiger partial charge is 0.246 e. The van der Waals surface area contributed by atoms with Gasteiger partial charge in [0.15, 0.2) is 0 Å². The van der Waals surface area contributed by atoms with Crippen LogP contribution in [0.15, 0.2) is 91.1 Å². The van der Waals surface area contributed by atoms with Crippen LogP contribution in [-0.4, -0.2) is 87.1 Å². The fraction of sp³-hybridized carbons (Fsp3) is 0.458. The Hall–Kier alpha value is -5.78. The van der Waals surface area contributed by atoms with Gasteiger partial charge in [0.05, 0.1) is 11.9 Å². The number of amides is 5. The molecule has 0 spiro atoms. The number of nitrogens with one attached hydrogen (secondary N) is 3.